The largest absolute Gasteiger partial charge is 0.508 e. The van der Waals surface area contributed by atoms with E-state index in [2.05, 4.69) is 0 Å². The summed E-state index contributed by atoms with van der Waals surface area (Å²) in [6.07, 6.45) is 0. The summed E-state index contributed by atoms with van der Waals surface area (Å²) in [4.78, 5) is 10.6. The average molecular weight is 232 g/mol. The summed E-state index contributed by atoms with van der Waals surface area (Å²) in [5.74, 6) is -1.14. The van der Waals surface area contributed by atoms with Crippen LogP contribution in [0.3, 0.4) is 0 Å². The number of benzene rings is 1. The maximum atomic E-state index is 10.6. The fraction of sp³-hybridized carbons (Fsp3) is 0.300. The van der Waals surface area contributed by atoms with Gasteiger partial charge in [0.05, 0.1) is 0 Å². The average Bonchev–Trinajstić information content (AvgIpc) is 2.16. The second-order valence-corrected chi connectivity index (χ2v) is 3.24. The molecule has 1 aromatic carbocycles. The molecule has 4 N–H and O–H groups in total. The van der Waals surface area contributed by atoms with Crippen LogP contribution in [-0.2, 0) is 4.79 Å². The summed E-state index contributed by atoms with van der Waals surface area (Å²) in [7, 11) is 0. The first-order valence-electron chi connectivity index (χ1n) is 4.29. The Bertz CT molecular complexity index is 326. The van der Waals surface area contributed by atoms with E-state index < -0.39 is 12.0 Å². The predicted molar refractivity (Wildman–Crippen MR) is 59.4 cm³/mol. The van der Waals surface area contributed by atoms with Crippen LogP contribution in [0.15, 0.2) is 24.3 Å². The molecule has 0 fully saturated rings. The summed E-state index contributed by atoms with van der Waals surface area (Å²) in [6.45, 7) is 1.74. The number of halogens is 1. The third-order valence-corrected chi connectivity index (χ3v) is 2.24. The van der Waals surface area contributed by atoms with Gasteiger partial charge in [-0.25, -0.2) is 0 Å². The predicted octanol–water partition coefficient (Wildman–Crippen LogP) is 1.33. The minimum atomic E-state index is -1.02. The number of rotatable bonds is 3. The van der Waals surface area contributed by atoms with E-state index >= 15 is 0 Å². The van der Waals surface area contributed by atoms with E-state index in [1.807, 2.05) is 0 Å². The van der Waals surface area contributed by atoms with E-state index in [1.54, 1.807) is 19.1 Å². The van der Waals surface area contributed by atoms with Crippen molar-refractivity contribution < 1.29 is 15.0 Å². The number of carbonyl (C=O) groups is 1. The van der Waals surface area contributed by atoms with Gasteiger partial charge in [-0.1, -0.05) is 19.1 Å². The maximum absolute atomic E-state index is 10.6. The lowest BCUT2D eigenvalue weighted by molar-refractivity contribution is -0.139. The number of aromatic hydroxyl groups is 1. The van der Waals surface area contributed by atoms with Crippen LogP contribution in [0.1, 0.15) is 18.4 Å². The Kier molecular flexibility index (Phi) is 5.11. The van der Waals surface area contributed by atoms with Crippen LogP contribution in [0.5, 0.6) is 5.75 Å². The number of phenols is 1. The van der Waals surface area contributed by atoms with E-state index in [9.17, 15) is 4.79 Å². The van der Waals surface area contributed by atoms with Gasteiger partial charge in [0.25, 0.3) is 0 Å². The van der Waals surface area contributed by atoms with Crippen molar-refractivity contribution in [3.8, 4) is 5.75 Å². The summed E-state index contributed by atoms with van der Waals surface area (Å²) in [6, 6.07) is 5.45. The summed E-state index contributed by atoms with van der Waals surface area (Å²) in [5, 5.41) is 17.7. The van der Waals surface area contributed by atoms with Crippen LogP contribution in [0, 0.1) is 0 Å². The second kappa shape index (κ2) is 5.58. The topological polar surface area (TPSA) is 83.5 Å². The number of aliphatic carboxylic acids is 1. The number of nitrogens with two attached hydrogens (primary N) is 1. The molecule has 0 aromatic heterocycles. The molecule has 0 saturated carbocycles. The first-order valence-corrected chi connectivity index (χ1v) is 4.29. The van der Waals surface area contributed by atoms with E-state index in [0.717, 1.165) is 5.56 Å². The maximum Gasteiger partial charge on any atom is 0.321 e. The van der Waals surface area contributed by atoms with Crippen molar-refractivity contribution in [2.75, 3.05) is 0 Å². The molecule has 15 heavy (non-hydrogen) atoms. The highest BCUT2D eigenvalue weighted by atomic mass is 35.5. The molecular weight excluding hydrogens is 218 g/mol. The molecule has 0 heterocycles. The quantitative estimate of drug-likeness (QED) is 0.733. The number of hydrogen-bond donors (Lipinski definition) is 3. The van der Waals surface area contributed by atoms with Gasteiger partial charge < -0.3 is 15.9 Å². The number of carboxylic acids is 1. The molecule has 5 heteroatoms. The Balaban J connectivity index is 0.00000196. The molecule has 0 aliphatic rings. The highest BCUT2D eigenvalue weighted by Crippen LogP contribution is 2.20. The number of carboxylic acid groups (broad SMARTS) is 1. The molecule has 0 aliphatic carbocycles. The van der Waals surface area contributed by atoms with Gasteiger partial charge in [0.1, 0.15) is 11.8 Å². The SMILES string of the molecule is CC(c1ccc(O)cc1)[C@H](N)C(=O)O.Cl. The Morgan fingerprint density at radius 1 is 1.33 bits per heavy atom. The van der Waals surface area contributed by atoms with Crippen LogP contribution in [0.2, 0.25) is 0 Å². The van der Waals surface area contributed by atoms with Gasteiger partial charge in [0, 0.05) is 5.92 Å². The van der Waals surface area contributed by atoms with Gasteiger partial charge in [-0.05, 0) is 17.7 Å². The minimum Gasteiger partial charge on any atom is -0.508 e. The normalized spacial score (nSPS) is 13.7. The lowest BCUT2D eigenvalue weighted by Crippen LogP contribution is -2.35. The highest BCUT2D eigenvalue weighted by molar-refractivity contribution is 5.85. The molecule has 0 bridgehead atoms. The summed E-state index contributed by atoms with van der Waals surface area (Å²) in [5.41, 5.74) is 6.27. The molecule has 1 aromatic rings. The molecule has 0 amide bonds. The van der Waals surface area contributed by atoms with Crippen molar-refractivity contribution in [3.63, 3.8) is 0 Å². The molecule has 0 radical (unpaired) electrons. The second-order valence-electron chi connectivity index (χ2n) is 3.24. The van der Waals surface area contributed by atoms with Crippen molar-refractivity contribution in [1.82, 2.24) is 0 Å². The third kappa shape index (κ3) is 3.42. The van der Waals surface area contributed by atoms with Gasteiger partial charge in [-0.15, -0.1) is 12.4 Å². The number of hydrogen-bond acceptors (Lipinski definition) is 3. The lowest BCUT2D eigenvalue weighted by Gasteiger charge is -2.15. The first kappa shape index (κ1) is 13.7. The smallest absolute Gasteiger partial charge is 0.321 e. The van der Waals surface area contributed by atoms with Crippen LogP contribution in [0.25, 0.3) is 0 Å². The van der Waals surface area contributed by atoms with Crippen LogP contribution < -0.4 is 5.73 Å². The Labute approximate surface area is 94.1 Å². The molecule has 4 nitrogen and oxygen atoms in total. The molecule has 0 spiro atoms. The Hall–Kier alpha value is -1.26. The third-order valence-electron chi connectivity index (χ3n) is 2.24. The minimum absolute atomic E-state index is 0. The highest BCUT2D eigenvalue weighted by Gasteiger charge is 2.21. The Morgan fingerprint density at radius 2 is 1.80 bits per heavy atom. The van der Waals surface area contributed by atoms with E-state index in [1.165, 1.54) is 12.1 Å². The lowest BCUT2D eigenvalue weighted by atomic mass is 9.94. The molecule has 2 atom stereocenters. The zero-order valence-corrected chi connectivity index (χ0v) is 9.07. The fourth-order valence-corrected chi connectivity index (χ4v) is 1.20. The van der Waals surface area contributed by atoms with Crippen molar-refractivity contribution >= 4 is 18.4 Å². The zero-order chi connectivity index (χ0) is 10.7. The standard InChI is InChI=1S/C10H13NO3.ClH/c1-6(9(11)10(13)14)7-2-4-8(12)5-3-7;/h2-6,9,12H,11H2,1H3,(H,13,14);1H/t6?,9-;/m0./s1. The number of phenolic OH excluding ortho intramolecular Hbond substituents is 1. The van der Waals surface area contributed by atoms with Gasteiger partial charge in [0.15, 0.2) is 0 Å². The molecule has 0 aliphatic heterocycles. The van der Waals surface area contributed by atoms with Crippen molar-refractivity contribution in [1.29, 1.82) is 0 Å². The van der Waals surface area contributed by atoms with E-state index in [0.29, 0.717) is 0 Å². The van der Waals surface area contributed by atoms with Crippen molar-refractivity contribution in [2.24, 2.45) is 5.73 Å². The summed E-state index contributed by atoms with van der Waals surface area (Å²) >= 11 is 0. The monoisotopic (exact) mass is 231 g/mol. The van der Waals surface area contributed by atoms with Gasteiger partial charge in [-0.3, -0.25) is 4.79 Å². The van der Waals surface area contributed by atoms with E-state index in [4.69, 9.17) is 15.9 Å². The van der Waals surface area contributed by atoms with Gasteiger partial charge >= 0.3 is 5.97 Å². The van der Waals surface area contributed by atoms with E-state index in [-0.39, 0.29) is 24.1 Å². The first-order chi connectivity index (χ1) is 6.52. The van der Waals surface area contributed by atoms with Crippen molar-refractivity contribution in [3.05, 3.63) is 29.8 Å². The molecule has 1 unspecified atom stereocenters. The zero-order valence-electron chi connectivity index (χ0n) is 8.25. The molecule has 84 valence electrons. The van der Waals surface area contributed by atoms with Crippen molar-refractivity contribution in [2.45, 2.75) is 18.9 Å². The van der Waals surface area contributed by atoms with Gasteiger partial charge in [-0.2, -0.15) is 0 Å². The molecule has 1 rings (SSSR count). The van der Waals surface area contributed by atoms with Crippen LogP contribution >= 0.6 is 12.4 Å². The fourth-order valence-electron chi connectivity index (χ4n) is 1.20. The summed E-state index contributed by atoms with van der Waals surface area (Å²) < 4.78 is 0. The Morgan fingerprint density at radius 3 is 2.20 bits per heavy atom. The van der Waals surface area contributed by atoms with Crippen LogP contribution in [-0.4, -0.2) is 22.2 Å². The van der Waals surface area contributed by atoms with Gasteiger partial charge in [0.2, 0.25) is 0 Å². The molecular formula is C10H14ClNO3. The van der Waals surface area contributed by atoms with Crippen LogP contribution in [0.4, 0.5) is 0 Å². The molecule has 0 saturated heterocycles.